The molecule has 0 atom stereocenters. The van der Waals surface area contributed by atoms with E-state index < -0.39 is 0 Å². The molecule has 1 heterocycles. The van der Waals surface area contributed by atoms with Gasteiger partial charge in [-0.2, -0.15) is 0 Å². The third-order valence-electron chi connectivity index (χ3n) is 2.15. The van der Waals surface area contributed by atoms with Gasteiger partial charge in [0.25, 0.3) is 0 Å². The predicted molar refractivity (Wildman–Crippen MR) is 61.0 cm³/mol. The van der Waals surface area contributed by atoms with Crippen molar-refractivity contribution in [1.29, 1.82) is 0 Å². The van der Waals surface area contributed by atoms with Crippen LogP contribution in [-0.4, -0.2) is 29.6 Å². The molecule has 5 nitrogen and oxygen atoms in total. The fraction of sp³-hybridized carbons (Fsp3) is 0.545. The zero-order valence-electron chi connectivity index (χ0n) is 9.48. The summed E-state index contributed by atoms with van der Waals surface area (Å²) in [6.07, 6.45) is 8.36. The van der Waals surface area contributed by atoms with E-state index in [1.165, 1.54) is 7.11 Å². The Balaban J connectivity index is 1.98. The van der Waals surface area contributed by atoms with Crippen LogP contribution in [0.25, 0.3) is 0 Å². The molecule has 1 rings (SSSR count). The van der Waals surface area contributed by atoms with Gasteiger partial charge in [0.15, 0.2) is 0 Å². The lowest BCUT2D eigenvalue weighted by molar-refractivity contribution is -0.140. The van der Waals surface area contributed by atoms with Gasteiger partial charge in [-0.05, 0) is 12.8 Å². The van der Waals surface area contributed by atoms with Crippen molar-refractivity contribution in [3.63, 3.8) is 0 Å². The number of rotatable bonds is 7. The molecular weight excluding hydrogens is 206 g/mol. The summed E-state index contributed by atoms with van der Waals surface area (Å²) in [5.74, 6) is 0.650. The van der Waals surface area contributed by atoms with Gasteiger partial charge >= 0.3 is 5.97 Å². The van der Waals surface area contributed by atoms with Crippen LogP contribution in [0.2, 0.25) is 0 Å². The Hall–Kier alpha value is -1.65. The van der Waals surface area contributed by atoms with Crippen LogP contribution in [-0.2, 0) is 9.53 Å². The fourth-order valence-electron chi connectivity index (χ4n) is 1.28. The molecule has 0 aromatic carbocycles. The smallest absolute Gasteiger partial charge is 0.305 e. The van der Waals surface area contributed by atoms with E-state index in [1.807, 2.05) is 0 Å². The first-order chi connectivity index (χ1) is 7.83. The summed E-state index contributed by atoms with van der Waals surface area (Å²) in [7, 11) is 1.41. The Labute approximate surface area is 95.3 Å². The highest BCUT2D eigenvalue weighted by Gasteiger charge is 1.99. The van der Waals surface area contributed by atoms with Gasteiger partial charge in [0.05, 0.1) is 13.3 Å². The van der Waals surface area contributed by atoms with Crippen molar-refractivity contribution in [3.05, 3.63) is 18.6 Å². The molecule has 0 spiro atoms. The highest BCUT2D eigenvalue weighted by atomic mass is 16.5. The Kier molecular flexibility index (Phi) is 5.91. The molecule has 0 aliphatic carbocycles. The Morgan fingerprint density at radius 2 is 2.25 bits per heavy atom. The van der Waals surface area contributed by atoms with Crippen LogP contribution in [0, 0.1) is 0 Å². The quantitative estimate of drug-likeness (QED) is 0.562. The minimum absolute atomic E-state index is 0.137. The minimum atomic E-state index is -0.137. The van der Waals surface area contributed by atoms with Crippen molar-refractivity contribution in [2.75, 3.05) is 19.0 Å². The molecule has 0 aliphatic rings. The second kappa shape index (κ2) is 7.62. The predicted octanol–water partition coefficient (Wildman–Crippen LogP) is 1.62. The molecule has 1 aromatic heterocycles. The zero-order valence-corrected chi connectivity index (χ0v) is 9.48. The Morgan fingerprint density at radius 1 is 1.38 bits per heavy atom. The number of nitrogens with one attached hydrogen (secondary N) is 1. The second-order valence-corrected chi connectivity index (χ2v) is 3.40. The number of unbranched alkanes of at least 4 members (excludes halogenated alkanes) is 2. The summed E-state index contributed by atoms with van der Waals surface area (Å²) in [4.78, 5) is 18.8. The highest BCUT2D eigenvalue weighted by molar-refractivity contribution is 5.68. The molecule has 0 radical (unpaired) electrons. The van der Waals surface area contributed by atoms with Gasteiger partial charge in [-0.3, -0.25) is 9.78 Å². The topological polar surface area (TPSA) is 64.1 Å². The van der Waals surface area contributed by atoms with Gasteiger partial charge in [0.1, 0.15) is 5.82 Å². The Morgan fingerprint density at radius 3 is 2.94 bits per heavy atom. The van der Waals surface area contributed by atoms with Crippen LogP contribution in [0.1, 0.15) is 25.7 Å². The monoisotopic (exact) mass is 223 g/mol. The van der Waals surface area contributed by atoms with E-state index in [0.29, 0.717) is 6.42 Å². The minimum Gasteiger partial charge on any atom is -0.469 e. The standard InChI is InChI=1S/C11H17N3O2/c1-16-11(15)5-3-2-4-6-13-10-9-12-7-8-14-10/h7-9H,2-6H2,1H3,(H,13,14). The van der Waals surface area contributed by atoms with Crippen LogP contribution in [0.4, 0.5) is 5.82 Å². The van der Waals surface area contributed by atoms with Gasteiger partial charge in [-0.15, -0.1) is 0 Å². The molecule has 0 bridgehead atoms. The SMILES string of the molecule is COC(=O)CCCCCNc1cnccn1. The maximum Gasteiger partial charge on any atom is 0.305 e. The summed E-state index contributed by atoms with van der Waals surface area (Å²) in [6, 6.07) is 0. The van der Waals surface area contributed by atoms with Gasteiger partial charge in [0, 0.05) is 25.4 Å². The first-order valence-electron chi connectivity index (χ1n) is 5.39. The van der Waals surface area contributed by atoms with Crippen molar-refractivity contribution in [3.8, 4) is 0 Å². The third kappa shape index (κ3) is 5.29. The first kappa shape index (κ1) is 12.4. The number of carbonyl (C=O) groups is 1. The average Bonchev–Trinajstić information content (AvgIpc) is 2.34. The lowest BCUT2D eigenvalue weighted by Gasteiger charge is -2.04. The maximum absolute atomic E-state index is 10.8. The van der Waals surface area contributed by atoms with Crippen LogP contribution in [0.3, 0.4) is 0 Å². The molecule has 88 valence electrons. The molecule has 0 aliphatic heterocycles. The van der Waals surface area contributed by atoms with E-state index in [2.05, 4.69) is 20.0 Å². The molecule has 0 amide bonds. The number of hydrogen-bond acceptors (Lipinski definition) is 5. The highest BCUT2D eigenvalue weighted by Crippen LogP contribution is 2.02. The summed E-state index contributed by atoms with van der Waals surface area (Å²) >= 11 is 0. The molecule has 0 fully saturated rings. The van der Waals surface area contributed by atoms with Crippen molar-refractivity contribution in [2.45, 2.75) is 25.7 Å². The summed E-state index contributed by atoms with van der Waals surface area (Å²) in [5, 5.41) is 3.16. The first-order valence-corrected chi connectivity index (χ1v) is 5.39. The maximum atomic E-state index is 10.8. The number of methoxy groups -OCH3 is 1. The number of aromatic nitrogens is 2. The molecule has 1 aromatic rings. The lowest BCUT2D eigenvalue weighted by atomic mass is 10.2. The number of anilines is 1. The van der Waals surface area contributed by atoms with E-state index in [-0.39, 0.29) is 5.97 Å². The number of nitrogens with zero attached hydrogens (tertiary/aromatic N) is 2. The van der Waals surface area contributed by atoms with E-state index in [0.717, 1.165) is 31.6 Å². The molecular formula is C11H17N3O2. The summed E-state index contributed by atoms with van der Waals surface area (Å²) in [5.41, 5.74) is 0. The van der Waals surface area contributed by atoms with Gasteiger partial charge in [-0.25, -0.2) is 4.98 Å². The summed E-state index contributed by atoms with van der Waals surface area (Å²) in [6.45, 7) is 0.847. The van der Waals surface area contributed by atoms with Crippen LogP contribution >= 0.6 is 0 Å². The van der Waals surface area contributed by atoms with E-state index >= 15 is 0 Å². The van der Waals surface area contributed by atoms with Crippen molar-refractivity contribution < 1.29 is 9.53 Å². The van der Waals surface area contributed by atoms with Crippen molar-refractivity contribution in [1.82, 2.24) is 9.97 Å². The van der Waals surface area contributed by atoms with Gasteiger partial charge in [-0.1, -0.05) is 6.42 Å². The van der Waals surface area contributed by atoms with Crippen LogP contribution in [0.5, 0.6) is 0 Å². The molecule has 1 N–H and O–H groups in total. The Bertz CT molecular complexity index is 303. The molecule has 0 saturated carbocycles. The van der Waals surface area contributed by atoms with E-state index in [4.69, 9.17) is 0 Å². The number of esters is 1. The lowest BCUT2D eigenvalue weighted by Crippen LogP contribution is -2.04. The molecule has 16 heavy (non-hydrogen) atoms. The molecule has 0 unspecified atom stereocenters. The molecule has 0 saturated heterocycles. The van der Waals surface area contributed by atoms with E-state index in [1.54, 1.807) is 18.6 Å². The van der Waals surface area contributed by atoms with Crippen molar-refractivity contribution >= 4 is 11.8 Å². The van der Waals surface area contributed by atoms with E-state index in [9.17, 15) is 4.79 Å². The largest absolute Gasteiger partial charge is 0.469 e. The zero-order chi connectivity index (χ0) is 11.6. The van der Waals surface area contributed by atoms with Gasteiger partial charge < -0.3 is 10.1 Å². The normalized spacial score (nSPS) is 9.81. The van der Waals surface area contributed by atoms with Crippen LogP contribution in [0.15, 0.2) is 18.6 Å². The number of carbonyl (C=O) groups excluding carboxylic acids is 1. The summed E-state index contributed by atoms with van der Waals surface area (Å²) < 4.78 is 4.55. The fourth-order valence-corrected chi connectivity index (χ4v) is 1.28. The number of ether oxygens (including phenoxy) is 1. The molecule has 5 heteroatoms. The second-order valence-electron chi connectivity index (χ2n) is 3.40. The third-order valence-corrected chi connectivity index (χ3v) is 2.15. The van der Waals surface area contributed by atoms with Crippen LogP contribution < -0.4 is 5.32 Å². The van der Waals surface area contributed by atoms with Gasteiger partial charge in [0.2, 0.25) is 0 Å². The average molecular weight is 223 g/mol. The number of hydrogen-bond donors (Lipinski definition) is 1. The van der Waals surface area contributed by atoms with Crippen molar-refractivity contribution in [2.24, 2.45) is 0 Å².